The zero-order valence-corrected chi connectivity index (χ0v) is 17.6. The van der Waals surface area contributed by atoms with Gasteiger partial charge in [0.25, 0.3) is 5.91 Å². The molecule has 0 atom stereocenters. The van der Waals surface area contributed by atoms with Crippen LogP contribution in [0.15, 0.2) is 28.3 Å². The largest absolute Gasteiger partial charge is 0.365 e. The monoisotopic (exact) mass is 429 g/mol. The third kappa shape index (κ3) is 5.10. The second-order valence-corrected chi connectivity index (χ2v) is 8.81. The van der Waals surface area contributed by atoms with Crippen LogP contribution in [-0.2, 0) is 10.0 Å². The van der Waals surface area contributed by atoms with Gasteiger partial charge in [-0.05, 0) is 44.7 Å². The van der Waals surface area contributed by atoms with E-state index in [1.165, 1.54) is 23.9 Å². The molecule has 0 saturated carbocycles. The Morgan fingerprint density at radius 1 is 1.30 bits per heavy atom. The number of hydrogen-bond acceptors (Lipinski definition) is 7. The van der Waals surface area contributed by atoms with Gasteiger partial charge in [-0.15, -0.1) is 0 Å². The average Bonchev–Trinajstić information content (AvgIpc) is 2.54. The van der Waals surface area contributed by atoms with Crippen LogP contribution >= 0.6 is 23.4 Å². The van der Waals surface area contributed by atoms with Gasteiger partial charge < -0.3 is 11.1 Å². The van der Waals surface area contributed by atoms with Gasteiger partial charge in [0.2, 0.25) is 10.0 Å². The minimum atomic E-state index is -3.68. The normalized spacial score (nSPS) is 11.6. The molecule has 0 fully saturated rings. The fourth-order valence-corrected chi connectivity index (χ4v) is 4.18. The number of carbonyl (C=O) groups is 1. The van der Waals surface area contributed by atoms with E-state index in [0.29, 0.717) is 10.8 Å². The van der Waals surface area contributed by atoms with Crippen molar-refractivity contribution >= 4 is 50.8 Å². The fourth-order valence-electron chi connectivity index (χ4n) is 2.22. The van der Waals surface area contributed by atoms with E-state index in [9.17, 15) is 13.2 Å². The highest BCUT2D eigenvalue weighted by molar-refractivity contribution is 7.98. The number of sulfonamides is 1. The van der Waals surface area contributed by atoms with Gasteiger partial charge in [-0.3, -0.25) is 4.79 Å². The molecule has 0 radical (unpaired) electrons. The van der Waals surface area contributed by atoms with Crippen LogP contribution in [0.2, 0.25) is 5.15 Å². The van der Waals surface area contributed by atoms with Crippen molar-refractivity contribution in [3.63, 3.8) is 0 Å². The summed E-state index contributed by atoms with van der Waals surface area (Å²) >= 11 is 7.31. The molecule has 0 spiro atoms. The predicted octanol–water partition coefficient (Wildman–Crippen LogP) is 2.69. The number of thioether (sulfide) groups is 1. The summed E-state index contributed by atoms with van der Waals surface area (Å²) in [4.78, 5) is 20.1. The summed E-state index contributed by atoms with van der Waals surface area (Å²) in [6.07, 6.45) is 1.76. The van der Waals surface area contributed by atoms with Crippen LogP contribution < -0.4 is 15.8 Å². The number of anilines is 2. The Hall–Kier alpha value is -1.88. The summed E-state index contributed by atoms with van der Waals surface area (Å²) in [5.74, 6) is -0.681. The quantitative estimate of drug-likeness (QED) is 0.350. The van der Waals surface area contributed by atoms with E-state index in [-0.39, 0.29) is 27.5 Å². The summed E-state index contributed by atoms with van der Waals surface area (Å²) in [7, 11) is -3.68. The second kappa shape index (κ2) is 8.42. The highest BCUT2D eigenvalue weighted by Gasteiger charge is 2.20. The van der Waals surface area contributed by atoms with Crippen molar-refractivity contribution in [2.45, 2.75) is 36.9 Å². The first kappa shape index (κ1) is 21.4. The summed E-state index contributed by atoms with van der Waals surface area (Å²) < 4.78 is 27.4. The smallest absolute Gasteiger partial charge is 0.255 e. The molecule has 2 aromatic rings. The Morgan fingerprint density at radius 3 is 2.52 bits per heavy atom. The van der Waals surface area contributed by atoms with Gasteiger partial charge in [-0.25, -0.2) is 23.1 Å². The number of carbonyl (C=O) groups excluding carboxylic acids is 1. The van der Waals surface area contributed by atoms with Crippen LogP contribution in [0, 0.1) is 6.92 Å². The van der Waals surface area contributed by atoms with Gasteiger partial charge in [0.1, 0.15) is 16.5 Å². The van der Waals surface area contributed by atoms with E-state index in [1.54, 1.807) is 33.1 Å². The SMILES string of the molecule is CSc1nc(Cl)c(C(N)=O)c(Nc2cc(S(=O)(=O)NC(C)C)ccc2C)n1. The number of nitrogens with zero attached hydrogens (tertiary/aromatic N) is 2. The first-order valence-electron chi connectivity index (χ1n) is 7.86. The van der Waals surface area contributed by atoms with E-state index >= 15 is 0 Å². The molecule has 1 amide bonds. The van der Waals surface area contributed by atoms with Gasteiger partial charge in [0, 0.05) is 11.7 Å². The number of hydrogen-bond donors (Lipinski definition) is 3. The zero-order valence-electron chi connectivity index (χ0n) is 15.2. The topological polar surface area (TPSA) is 127 Å². The predicted molar refractivity (Wildman–Crippen MR) is 107 cm³/mol. The Kier molecular flexibility index (Phi) is 6.68. The number of nitrogens with one attached hydrogen (secondary N) is 2. The number of aryl methyl sites for hydroxylation is 1. The number of nitrogens with two attached hydrogens (primary N) is 1. The Labute approximate surface area is 167 Å². The van der Waals surface area contributed by atoms with Crippen LogP contribution in [0.1, 0.15) is 29.8 Å². The van der Waals surface area contributed by atoms with Crippen molar-refractivity contribution in [2.24, 2.45) is 5.73 Å². The molecule has 0 bridgehead atoms. The van der Waals surface area contributed by atoms with Crippen molar-refractivity contribution in [2.75, 3.05) is 11.6 Å². The van der Waals surface area contributed by atoms with Gasteiger partial charge in [0.05, 0.1) is 4.90 Å². The van der Waals surface area contributed by atoms with Crippen molar-refractivity contribution < 1.29 is 13.2 Å². The Bertz CT molecular complexity index is 980. The van der Waals surface area contributed by atoms with Gasteiger partial charge in [0.15, 0.2) is 5.16 Å². The molecule has 146 valence electrons. The summed E-state index contributed by atoms with van der Waals surface area (Å²) in [6.45, 7) is 5.25. The third-order valence-electron chi connectivity index (χ3n) is 3.44. The second-order valence-electron chi connectivity index (χ2n) is 5.97. The van der Waals surface area contributed by atoms with Gasteiger partial charge in [-0.2, -0.15) is 0 Å². The lowest BCUT2D eigenvalue weighted by Crippen LogP contribution is -2.30. The highest BCUT2D eigenvalue weighted by Crippen LogP contribution is 2.29. The lowest BCUT2D eigenvalue weighted by Gasteiger charge is -2.15. The third-order valence-corrected chi connectivity index (χ3v) is 5.91. The molecule has 8 nitrogen and oxygen atoms in total. The molecule has 1 heterocycles. The maximum Gasteiger partial charge on any atom is 0.255 e. The molecule has 0 aliphatic carbocycles. The van der Waals surface area contributed by atoms with E-state index in [1.807, 2.05) is 0 Å². The maximum absolute atomic E-state index is 12.4. The minimum Gasteiger partial charge on any atom is -0.365 e. The van der Waals surface area contributed by atoms with Crippen molar-refractivity contribution in [3.05, 3.63) is 34.5 Å². The maximum atomic E-state index is 12.4. The molecule has 0 aliphatic heterocycles. The van der Waals surface area contributed by atoms with Crippen LogP contribution in [0.5, 0.6) is 0 Å². The van der Waals surface area contributed by atoms with Crippen LogP contribution in [0.25, 0.3) is 0 Å². The van der Waals surface area contributed by atoms with Gasteiger partial charge >= 0.3 is 0 Å². The van der Waals surface area contributed by atoms with Crippen molar-refractivity contribution in [1.82, 2.24) is 14.7 Å². The number of halogens is 1. The number of amides is 1. The first-order chi connectivity index (χ1) is 12.5. The molecule has 0 aliphatic rings. The molecule has 2 rings (SSSR count). The highest BCUT2D eigenvalue weighted by atomic mass is 35.5. The number of rotatable bonds is 7. The molecule has 11 heteroatoms. The molecule has 4 N–H and O–H groups in total. The molecule has 1 aromatic carbocycles. The lowest BCUT2D eigenvalue weighted by atomic mass is 10.2. The number of aromatic nitrogens is 2. The average molecular weight is 430 g/mol. The minimum absolute atomic E-state index is 0.0672. The van der Waals surface area contributed by atoms with Crippen molar-refractivity contribution in [1.29, 1.82) is 0 Å². The Morgan fingerprint density at radius 2 is 1.96 bits per heavy atom. The van der Waals surface area contributed by atoms with E-state index in [2.05, 4.69) is 20.0 Å². The van der Waals surface area contributed by atoms with Gasteiger partial charge in [-0.1, -0.05) is 29.4 Å². The number of primary amides is 1. The van der Waals surface area contributed by atoms with E-state index in [4.69, 9.17) is 17.3 Å². The standard InChI is InChI=1S/C16H20ClN5O3S2/c1-8(2)22-27(24,25)10-6-5-9(3)11(7-10)19-15-12(14(18)23)13(17)20-16(21-15)26-4/h5-8,22H,1-4H3,(H2,18,23)(H,19,20,21). The lowest BCUT2D eigenvalue weighted by molar-refractivity contribution is 0.100. The molecule has 0 saturated heterocycles. The first-order valence-corrected chi connectivity index (χ1v) is 10.9. The molecular weight excluding hydrogens is 410 g/mol. The number of benzene rings is 1. The van der Waals surface area contributed by atoms with Crippen LogP contribution in [0.4, 0.5) is 11.5 Å². The fraction of sp³-hybridized carbons (Fsp3) is 0.312. The summed E-state index contributed by atoms with van der Waals surface area (Å²) in [6, 6.07) is 4.36. The Balaban J connectivity index is 2.54. The van der Waals surface area contributed by atoms with E-state index in [0.717, 1.165) is 5.56 Å². The summed E-state index contributed by atoms with van der Waals surface area (Å²) in [5.41, 5.74) is 6.52. The van der Waals surface area contributed by atoms with E-state index < -0.39 is 15.9 Å². The zero-order chi connectivity index (χ0) is 20.4. The molecule has 27 heavy (non-hydrogen) atoms. The molecule has 1 aromatic heterocycles. The van der Waals surface area contributed by atoms with Crippen molar-refractivity contribution in [3.8, 4) is 0 Å². The molecule has 0 unspecified atom stereocenters. The summed E-state index contributed by atoms with van der Waals surface area (Å²) in [5, 5.41) is 3.23. The molecular formula is C16H20ClN5O3S2. The van der Waals surface area contributed by atoms with Crippen LogP contribution in [0.3, 0.4) is 0 Å². The van der Waals surface area contributed by atoms with Crippen LogP contribution in [-0.4, -0.2) is 36.6 Å².